The van der Waals surface area contributed by atoms with Crippen LogP contribution in [0.1, 0.15) is 28.6 Å². The number of halogens is 1. The van der Waals surface area contributed by atoms with Gasteiger partial charge in [0.1, 0.15) is 22.9 Å². The van der Waals surface area contributed by atoms with Crippen LogP contribution in [0.2, 0.25) is 0 Å². The average Bonchev–Trinajstić information content (AvgIpc) is 3.10. The second kappa shape index (κ2) is 8.47. The molecule has 0 saturated heterocycles. The molecule has 0 bridgehead atoms. The molecule has 0 aliphatic rings. The maximum atomic E-state index is 13.2. The number of amides is 1. The second-order valence-corrected chi connectivity index (χ2v) is 7.03. The largest absolute Gasteiger partial charge is 0.492 e. The molecule has 0 spiro atoms. The number of ether oxygens (including phenoxy) is 1. The lowest BCUT2D eigenvalue weighted by Crippen LogP contribution is -2.22. The maximum absolute atomic E-state index is 13.2. The Balaban J connectivity index is 1.72. The van der Waals surface area contributed by atoms with Crippen molar-refractivity contribution in [2.75, 3.05) is 11.9 Å². The molecule has 0 atom stereocenters. The van der Waals surface area contributed by atoms with Crippen molar-refractivity contribution >= 4 is 22.6 Å². The number of carbonyl (C=O) groups excluding carboxylic acids is 1. The van der Waals surface area contributed by atoms with Gasteiger partial charge in [-0.25, -0.2) is 4.39 Å². The van der Waals surface area contributed by atoms with Gasteiger partial charge in [0.15, 0.2) is 0 Å². The summed E-state index contributed by atoms with van der Waals surface area (Å²) in [6.45, 7) is 4.20. The summed E-state index contributed by atoms with van der Waals surface area (Å²) in [5, 5.41) is 3.02. The molecule has 6 nitrogen and oxygen atoms in total. The highest BCUT2D eigenvalue weighted by Gasteiger charge is 2.23. The first kappa shape index (κ1) is 20.4. The van der Waals surface area contributed by atoms with E-state index in [1.54, 1.807) is 49.5 Å². The Bertz CT molecular complexity index is 1310. The molecule has 2 aromatic carbocycles. The van der Waals surface area contributed by atoms with Gasteiger partial charge < -0.3 is 19.0 Å². The monoisotopic (exact) mass is 420 g/mol. The first-order valence-electron chi connectivity index (χ1n) is 9.88. The van der Waals surface area contributed by atoms with E-state index in [-0.39, 0.29) is 28.9 Å². The number of hydrogen-bond donors (Lipinski definition) is 1. The van der Waals surface area contributed by atoms with Crippen molar-refractivity contribution in [3.8, 4) is 5.75 Å². The number of para-hydroxylation sites is 2. The second-order valence-electron chi connectivity index (χ2n) is 7.03. The number of nitrogens with zero attached hydrogens (tertiary/aromatic N) is 1. The van der Waals surface area contributed by atoms with Crippen LogP contribution in [-0.2, 0) is 6.54 Å². The van der Waals surface area contributed by atoms with Gasteiger partial charge in [-0.2, -0.15) is 0 Å². The van der Waals surface area contributed by atoms with E-state index in [0.717, 1.165) is 5.56 Å². The Morgan fingerprint density at radius 2 is 1.87 bits per heavy atom. The zero-order chi connectivity index (χ0) is 22.0. The third-order valence-corrected chi connectivity index (χ3v) is 4.92. The zero-order valence-electron chi connectivity index (χ0n) is 17.1. The van der Waals surface area contributed by atoms with Crippen LogP contribution in [0.25, 0.3) is 11.0 Å². The molecule has 0 radical (unpaired) electrons. The summed E-state index contributed by atoms with van der Waals surface area (Å²) in [5.41, 5.74) is 1.42. The van der Waals surface area contributed by atoms with Crippen LogP contribution >= 0.6 is 0 Å². The molecule has 31 heavy (non-hydrogen) atoms. The predicted molar refractivity (Wildman–Crippen MR) is 116 cm³/mol. The Hall–Kier alpha value is -3.87. The Morgan fingerprint density at radius 3 is 2.61 bits per heavy atom. The number of fused-ring (bicyclic) bond motifs is 1. The molecule has 0 saturated carbocycles. The molecule has 1 amide bonds. The van der Waals surface area contributed by atoms with Gasteiger partial charge in [-0.05, 0) is 49.7 Å². The smallest absolute Gasteiger partial charge is 0.262 e. The topological polar surface area (TPSA) is 73.5 Å². The lowest BCUT2D eigenvalue weighted by Gasteiger charge is -2.11. The molecule has 0 aliphatic heterocycles. The summed E-state index contributed by atoms with van der Waals surface area (Å²) in [7, 11) is 0. The SMILES string of the molecule is CCOc1ccccc1NC(=O)c1c(C)oc2ccn(Cc3ccc(F)cc3)c(=O)c12. The summed E-state index contributed by atoms with van der Waals surface area (Å²) in [6.07, 6.45) is 1.60. The van der Waals surface area contributed by atoms with Gasteiger partial charge in [-0.15, -0.1) is 0 Å². The molecule has 7 heteroatoms. The summed E-state index contributed by atoms with van der Waals surface area (Å²) in [6, 6.07) is 14.7. The fourth-order valence-electron chi connectivity index (χ4n) is 3.49. The van der Waals surface area contributed by atoms with Crippen molar-refractivity contribution in [1.29, 1.82) is 0 Å². The zero-order valence-corrected chi connectivity index (χ0v) is 17.1. The molecule has 4 aromatic rings. The average molecular weight is 420 g/mol. The summed E-state index contributed by atoms with van der Waals surface area (Å²) < 4.78 is 25.9. The first-order valence-corrected chi connectivity index (χ1v) is 9.88. The molecule has 0 unspecified atom stereocenters. The number of benzene rings is 2. The molecular weight excluding hydrogens is 399 g/mol. The van der Waals surface area contributed by atoms with Gasteiger partial charge in [0.2, 0.25) is 0 Å². The Kier molecular flexibility index (Phi) is 5.58. The number of furan rings is 1. The molecule has 0 aliphatic carbocycles. The van der Waals surface area contributed by atoms with Gasteiger partial charge in [-0.3, -0.25) is 9.59 Å². The van der Waals surface area contributed by atoms with Gasteiger partial charge in [-0.1, -0.05) is 24.3 Å². The predicted octanol–water partition coefficient (Wildman–Crippen LogP) is 4.74. The van der Waals surface area contributed by atoms with Crippen molar-refractivity contribution in [3.63, 3.8) is 0 Å². The molecule has 2 aromatic heterocycles. The standard InChI is InChI=1S/C24H21FN2O4/c1-3-30-19-7-5-4-6-18(19)26-23(28)21-15(2)31-20-12-13-27(24(29)22(20)21)14-16-8-10-17(25)11-9-16/h4-13H,3,14H2,1-2H3,(H,26,28). The molecule has 1 N–H and O–H groups in total. The van der Waals surface area contributed by atoms with Crippen LogP contribution in [0.5, 0.6) is 5.75 Å². The fraction of sp³-hybridized carbons (Fsp3) is 0.167. The number of rotatable bonds is 6. The molecule has 2 heterocycles. The fourth-order valence-corrected chi connectivity index (χ4v) is 3.49. The third-order valence-electron chi connectivity index (χ3n) is 4.92. The number of aromatic nitrogens is 1. The highest BCUT2D eigenvalue weighted by molar-refractivity contribution is 6.13. The van der Waals surface area contributed by atoms with Gasteiger partial charge in [0, 0.05) is 6.20 Å². The van der Waals surface area contributed by atoms with Crippen LogP contribution in [0.3, 0.4) is 0 Å². The van der Waals surface area contributed by atoms with Crippen molar-refractivity contribution in [2.45, 2.75) is 20.4 Å². The number of anilines is 1. The van der Waals surface area contributed by atoms with E-state index in [1.807, 2.05) is 13.0 Å². The van der Waals surface area contributed by atoms with Crippen LogP contribution in [0, 0.1) is 12.7 Å². The summed E-state index contributed by atoms with van der Waals surface area (Å²) >= 11 is 0. The maximum Gasteiger partial charge on any atom is 0.262 e. The van der Waals surface area contributed by atoms with E-state index in [0.29, 0.717) is 29.4 Å². The van der Waals surface area contributed by atoms with E-state index in [4.69, 9.17) is 9.15 Å². The number of nitrogens with one attached hydrogen (secondary N) is 1. The van der Waals surface area contributed by atoms with Gasteiger partial charge in [0.25, 0.3) is 11.5 Å². The van der Waals surface area contributed by atoms with Gasteiger partial charge >= 0.3 is 0 Å². The highest BCUT2D eigenvalue weighted by atomic mass is 19.1. The quantitative estimate of drug-likeness (QED) is 0.489. The minimum Gasteiger partial charge on any atom is -0.492 e. The van der Waals surface area contributed by atoms with Crippen molar-refractivity contribution in [2.24, 2.45) is 0 Å². The van der Waals surface area contributed by atoms with Crippen molar-refractivity contribution in [1.82, 2.24) is 4.57 Å². The Morgan fingerprint density at radius 1 is 1.13 bits per heavy atom. The van der Waals surface area contributed by atoms with Crippen molar-refractivity contribution < 1.29 is 18.3 Å². The minimum absolute atomic E-state index is 0.180. The first-order chi connectivity index (χ1) is 15.0. The van der Waals surface area contributed by atoms with E-state index in [2.05, 4.69) is 5.32 Å². The van der Waals surface area contributed by atoms with E-state index >= 15 is 0 Å². The lowest BCUT2D eigenvalue weighted by molar-refractivity contribution is 0.102. The normalized spacial score (nSPS) is 10.9. The molecular formula is C24H21FN2O4. The van der Waals surface area contributed by atoms with Gasteiger partial charge in [0.05, 0.1) is 29.8 Å². The molecule has 158 valence electrons. The number of aryl methyl sites for hydroxylation is 1. The molecule has 0 fully saturated rings. The number of carbonyl (C=O) groups is 1. The summed E-state index contributed by atoms with van der Waals surface area (Å²) in [4.78, 5) is 26.3. The van der Waals surface area contributed by atoms with Crippen LogP contribution in [-0.4, -0.2) is 17.1 Å². The summed E-state index contributed by atoms with van der Waals surface area (Å²) in [5.74, 6) is 0.0823. The van der Waals surface area contributed by atoms with E-state index in [1.165, 1.54) is 16.7 Å². The minimum atomic E-state index is -0.458. The molecule has 4 rings (SSSR count). The van der Waals surface area contributed by atoms with Crippen LogP contribution in [0.15, 0.2) is 70.0 Å². The number of hydrogen-bond acceptors (Lipinski definition) is 4. The number of pyridine rings is 1. The highest BCUT2D eigenvalue weighted by Crippen LogP contribution is 2.27. The van der Waals surface area contributed by atoms with Crippen molar-refractivity contribution in [3.05, 3.63) is 93.9 Å². The Labute approximate surface area is 177 Å². The van der Waals surface area contributed by atoms with E-state index < -0.39 is 5.91 Å². The third kappa shape index (κ3) is 4.07. The lowest BCUT2D eigenvalue weighted by atomic mass is 10.1. The van der Waals surface area contributed by atoms with E-state index in [9.17, 15) is 14.0 Å². The van der Waals surface area contributed by atoms with Crippen LogP contribution in [0.4, 0.5) is 10.1 Å². The van der Waals surface area contributed by atoms with Crippen LogP contribution < -0.4 is 15.6 Å².